The van der Waals surface area contributed by atoms with Gasteiger partial charge in [-0.1, -0.05) is 29.5 Å². The molecule has 0 radical (unpaired) electrons. The number of aromatic nitrogens is 2. The smallest absolute Gasteiger partial charge is 0.317 e. The van der Waals surface area contributed by atoms with Crippen LogP contribution in [0.15, 0.2) is 36.4 Å². The Balaban J connectivity index is 1.60. The predicted molar refractivity (Wildman–Crippen MR) is 124 cm³/mol. The van der Waals surface area contributed by atoms with Crippen LogP contribution in [-0.2, 0) is 6.42 Å². The van der Waals surface area contributed by atoms with Gasteiger partial charge in [-0.2, -0.15) is 0 Å². The average Bonchev–Trinajstić information content (AvgIpc) is 3.37. The minimum atomic E-state index is -0.0797. The number of rotatable bonds is 5. The second kappa shape index (κ2) is 8.55. The number of anilines is 1. The largest absolute Gasteiger partial charge is 0.489 e. The SMILES string of the molecule is CC(C)Oc1ccc(-c2nnc(-c3cccc4c3CC[C@@H]4NC(=O)N(C)C)s2)cc1N. The van der Waals surface area contributed by atoms with E-state index in [1.807, 2.05) is 38.1 Å². The maximum atomic E-state index is 12.1. The van der Waals surface area contributed by atoms with E-state index in [2.05, 4.69) is 27.6 Å². The van der Waals surface area contributed by atoms with Crippen molar-refractivity contribution in [3.63, 3.8) is 0 Å². The number of benzene rings is 2. The summed E-state index contributed by atoms with van der Waals surface area (Å²) >= 11 is 1.54. The topological polar surface area (TPSA) is 93.4 Å². The minimum Gasteiger partial charge on any atom is -0.489 e. The molecule has 0 saturated carbocycles. The molecule has 1 aromatic heterocycles. The summed E-state index contributed by atoms with van der Waals surface area (Å²) in [6, 6.07) is 11.8. The summed E-state index contributed by atoms with van der Waals surface area (Å²) in [6.45, 7) is 3.94. The van der Waals surface area contributed by atoms with E-state index in [4.69, 9.17) is 10.5 Å². The molecule has 31 heavy (non-hydrogen) atoms. The number of fused-ring (bicyclic) bond motifs is 1. The fourth-order valence-corrected chi connectivity index (χ4v) is 4.67. The molecule has 3 aromatic rings. The zero-order valence-corrected chi connectivity index (χ0v) is 19.0. The van der Waals surface area contributed by atoms with Crippen LogP contribution in [-0.4, -0.2) is 41.3 Å². The molecular weight excluding hydrogens is 410 g/mol. The predicted octanol–water partition coefficient (Wildman–Crippen LogP) is 4.50. The van der Waals surface area contributed by atoms with Gasteiger partial charge in [0.15, 0.2) is 0 Å². The van der Waals surface area contributed by atoms with Gasteiger partial charge < -0.3 is 20.7 Å². The quantitative estimate of drug-likeness (QED) is 0.573. The number of nitrogen functional groups attached to an aromatic ring is 1. The first-order valence-electron chi connectivity index (χ1n) is 10.3. The van der Waals surface area contributed by atoms with Crippen LogP contribution in [0.25, 0.3) is 21.1 Å². The van der Waals surface area contributed by atoms with E-state index in [9.17, 15) is 4.79 Å². The van der Waals surface area contributed by atoms with Crippen molar-refractivity contribution < 1.29 is 9.53 Å². The summed E-state index contributed by atoms with van der Waals surface area (Å²) in [6.07, 6.45) is 1.84. The van der Waals surface area contributed by atoms with Crippen molar-refractivity contribution in [3.8, 4) is 26.9 Å². The Labute approximate surface area is 186 Å². The number of amides is 2. The fraction of sp³-hybridized carbons (Fsp3) is 0.348. The van der Waals surface area contributed by atoms with Crippen LogP contribution < -0.4 is 15.8 Å². The molecule has 8 heteroatoms. The van der Waals surface area contributed by atoms with Crippen molar-refractivity contribution in [2.45, 2.75) is 38.8 Å². The highest BCUT2D eigenvalue weighted by Crippen LogP contribution is 2.40. The molecule has 0 fully saturated rings. The molecule has 1 aliphatic carbocycles. The first-order chi connectivity index (χ1) is 14.8. The molecular formula is C23H27N5O2S. The Morgan fingerprint density at radius 1 is 1.23 bits per heavy atom. The Morgan fingerprint density at radius 2 is 2.00 bits per heavy atom. The van der Waals surface area contributed by atoms with Gasteiger partial charge in [0, 0.05) is 25.2 Å². The summed E-state index contributed by atoms with van der Waals surface area (Å²) < 4.78 is 5.72. The van der Waals surface area contributed by atoms with Gasteiger partial charge in [0.25, 0.3) is 0 Å². The Bertz CT molecular complexity index is 1110. The zero-order valence-electron chi connectivity index (χ0n) is 18.2. The van der Waals surface area contributed by atoms with Gasteiger partial charge in [-0.05, 0) is 56.0 Å². The van der Waals surface area contributed by atoms with E-state index in [-0.39, 0.29) is 18.2 Å². The van der Waals surface area contributed by atoms with E-state index < -0.39 is 0 Å². The Kier molecular flexibility index (Phi) is 5.82. The molecule has 0 spiro atoms. The van der Waals surface area contributed by atoms with E-state index in [1.54, 1.807) is 19.0 Å². The highest BCUT2D eigenvalue weighted by atomic mass is 32.1. The molecule has 2 amide bonds. The average molecular weight is 438 g/mol. The van der Waals surface area contributed by atoms with Crippen LogP contribution >= 0.6 is 11.3 Å². The highest BCUT2D eigenvalue weighted by molar-refractivity contribution is 7.17. The van der Waals surface area contributed by atoms with E-state index in [0.29, 0.717) is 11.4 Å². The lowest BCUT2D eigenvalue weighted by atomic mass is 10.0. The monoisotopic (exact) mass is 437 g/mol. The van der Waals surface area contributed by atoms with Gasteiger partial charge in [-0.3, -0.25) is 0 Å². The zero-order chi connectivity index (χ0) is 22.1. The molecule has 0 saturated heterocycles. The molecule has 0 unspecified atom stereocenters. The maximum absolute atomic E-state index is 12.1. The van der Waals surface area contributed by atoms with Gasteiger partial charge in [0.1, 0.15) is 15.8 Å². The second-order valence-corrected chi connectivity index (χ2v) is 9.12. The number of carbonyl (C=O) groups is 1. The molecule has 7 nitrogen and oxygen atoms in total. The van der Waals surface area contributed by atoms with Crippen molar-refractivity contribution in [1.29, 1.82) is 0 Å². The van der Waals surface area contributed by atoms with Crippen LogP contribution in [0.5, 0.6) is 5.75 Å². The van der Waals surface area contributed by atoms with Crippen LogP contribution in [0.1, 0.15) is 37.4 Å². The lowest BCUT2D eigenvalue weighted by Crippen LogP contribution is -2.36. The number of hydrogen-bond donors (Lipinski definition) is 2. The number of carbonyl (C=O) groups excluding carboxylic acids is 1. The van der Waals surface area contributed by atoms with Crippen LogP contribution in [0.4, 0.5) is 10.5 Å². The van der Waals surface area contributed by atoms with E-state index >= 15 is 0 Å². The lowest BCUT2D eigenvalue weighted by Gasteiger charge is -2.18. The normalized spacial score (nSPS) is 15.1. The first-order valence-corrected chi connectivity index (χ1v) is 11.1. The second-order valence-electron chi connectivity index (χ2n) is 8.14. The molecule has 2 aromatic carbocycles. The van der Waals surface area contributed by atoms with E-state index in [1.165, 1.54) is 16.9 Å². The standard InChI is InChI=1S/C23H27N5O2S/c1-13(2)30-20-11-8-14(12-18(20)24)21-26-27-22(31-21)17-7-5-6-16-15(17)9-10-19(16)25-23(29)28(3)4/h5-8,11-13,19H,9-10,24H2,1-4H3,(H,25,29)/t19-/m0/s1. The molecule has 4 rings (SSSR count). The summed E-state index contributed by atoms with van der Waals surface area (Å²) in [4.78, 5) is 13.7. The molecule has 1 heterocycles. The van der Waals surface area contributed by atoms with Gasteiger partial charge in [-0.15, -0.1) is 10.2 Å². The third-order valence-corrected chi connectivity index (χ3v) is 6.25. The molecule has 0 aliphatic heterocycles. The fourth-order valence-electron chi connectivity index (χ4n) is 3.77. The molecule has 1 aliphatic rings. The van der Waals surface area contributed by atoms with Crippen LogP contribution in [0.2, 0.25) is 0 Å². The number of ether oxygens (including phenoxy) is 1. The third kappa shape index (κ3) is 4.34. The van der Waals surface area contributed by atoms with Gasteiger partial charge in [0.05, 0.1) is 17.8 Å². The molecule has 1 atom stereocenters. The number of nitrogens with zero attached hydrogens (tertiary/aromatic N) is 3. The minimum absolute atomic E-state index is 0.0190. The Hall–Kier alpha value is -3.13. The van der Waals surface area contributed by atoms with Crippen molar-refractivity contribution in [1.82, 2.24) is 20.4 Å². The molecule has 3 N–H and O–H groups in total. The molecule has 162 valence electrons. The van der Waals surface area contributed by atoms with Crippen LogP contribution in [0.3, 0.4) is 0 Å². The van der Waals surface area contributed by atoms with Gasteiger partial charge in [0.2, 0.25) is 0 Å². The lowest BCUT2D eigenvalue weighted by molar-refractivity contribution is 0.213. The maximum Gasteiger partial charge on any atom is 0.317 e. The number of nitrogens with one attached hydrogen (secondary N) is 1. The van der Waals surface area contributed by atoms with Gasteiger partial charge in [-0.25, -0.2) is 4.79 Å². The molecule has 0 bridgehead atoms. The van der Waals surface area contributed by atoms with Crippen molar-refractivity contribution in [2.24, 2.45) is 0 Å². The summed E-state index contributed by atoms with van der Waals surface area (Å²) in [7, 11) is 3.50. The number of nitrogens with two attached hydrogens (primary N) is 1. The van der Waals surface area contributed by atoms with Crippen molar-refractivity contribution in [2.75, 3.05) is 19.8 Å². The number of urea groups is 1. The van der Waals surface area contributed by atoms with Crippen molar-refractivity contribution >= 4 is 23.1 Å². The third-order valence-electron chi connectivity index (χ3n) is 5.25. The van der Waals surface area contributed by atoms with Gasteiger partial charge >= 0.3 is 6.03 Å². The first kappa shape index (κ1) is 21.1. The van der Waals surface area contributed by atoms with Crippen molar-refractivity contribution in [3.05, 3.63) is 47.5 Å². The summed E-state index contributed by atoms with van der Waals surface area (Å²) in [5.74, 6) is 0.676. The summed E-state index contributed by atoms with van der Waals surface area (Å²) in [5, 5.41) is 13.6. The number of hydrogen-bond acceptors (Lipinski definition) is 6. The highest BCUT2D eigenvalue weighted by Gasteiger charge is 2.27. The van der Waals surface area contributed by atoms with Crippen LogP contribution in [0, 0.1) is 0 Å². The Morgan fingerprint density at radius 3 is 2.71 bits per heavy atom. The van der Waals surface area contributed by atoms with E-state index in [0.717, 1.165) is 39.5 Å². The summed E-state index contributed by atoms with van der Waals surface area (Å²) in [5.41, 5.74) is 11.1.